The lowest BCUT2D eigenvalue weighted by Gasteiger charge is -2.09. The normalized spacial score (nSPS) is 14.2. The van der Waals surface area contributed by atoms with E-state index in [1.165, 1.54) is 24.1 Å². The molecule has 0 aliphatic heterocycles. The quantitative estimate of drug-likeness (QED) is 0.835. The second-order valence-corrected chi connectivity index (χ2v) is 6.52. The van der Waals surface area contributed by atoms with Gasteiger partial charge >= 0.3 is 0 Å². The van der Waals surface area contributed by atoms with E-state index in [4.69, 9.17) is 4.98 Å². The van der Waals surface area contributed by atoms with Gasteiger partial charge in [-0.15, -0.1) is 0 Å². The van der Waals surface area contributed by atoms with Crippen LogP contribution >= 0.6 is 15.9 Å². The van der Waals surface area contributed by atoms with Gasteiger partial charge in [0, 0.05) is 35.1 Å². The Hall–Kier alpha value is -1.42. The summed E-state index contributed by atoms with van der Waals surface area (Å²) in [6, 6.07) is 10.5. The molecule has 0 unspecified atom stereocenters. The molecular formula is C17H20BrN3. The molecule has 1 heterocycles. The summed E-state index contributed by atoms with van der Waals surface area (Å²) >= 11 is 3.52. The van der Waals surface area contributed by atoms with Crippen LogP contribution in [0.2, 0.25) is 0 Å². The average molecular weight is 346 g/mol. The summed E-state index contributed by atoms with van der Waals surface area (Å²) in [6.07, 6.45) is 4.41. The van der Waals surface area contributed by atoms with E-state index in [1.807, 2.05) is 6.07 Å². The number of halogens is 1. The molecule has 0 bridgehead atoms. The number of hydrogen-bond acceptors (Lipinski definition) is 3. The number of aromatic nitrogens is 2. The van der Waals surface area contributed by atoms with E-state index in [-0.39, 0.29) is 0 Å². The number of nitrogens with one attached hydrogen (secondary N) is 1. The van der Waals surface area contributed by atoms with Crippen LogP contribution in [0, 0.1) is 0 Å². The Morgan fingerprint density at radius 3 is 2.81 bits per heavy atom. The third kappa shape index (κ3) is 4.03. The van der Waals surface area contributed by atoms with Crippen molar-refractivity contribution in [1.82, 2.24) is 9.97 Å². The molecule has 21 heavy (non-hydrogen) atoms. The van der Waals surface area contributed by atoms with Crippen LogP contribution in [0.3, 0.4) is 0 Å². The zero-order valence-corrected chi connectivity index (χ0v) is 13.9. The maximum atomic E-state index is 4.76. The van der Waals surface area contributed by atoms with Crippen molar-refractivity contribution in [3.63, 3.8) is 0 Å². The molecule has 0 radical (unpaired) electrons. The first kappa shape index (κ1) is 14.5. The van der Waals surface area contributed by atoms with Crippen molar-refractivity contribution in [1.29, 1.82) is 0 Å². The molecule has 4 heteroatoms. The third-order valence-electron chi connectivity index (χ3n) is 3.60. The second-order valence-electron chi connectivity index (χ2n) is 5.60. The lowest BCUT2D eigenvalue weighted by molar-refractivity contribution is 0.887. The minimum atomic E-state index is 0.649. The van der Waals surface area contributed by atoms with Gasteiger partial charge in [-0.1, -0.05) is 35.0 Å². The molecule has 0 amide bonds. The van der Waals surface area contributed by atoms with Gasteiger partial charge < -0.3 is 5.32 Å². The van der Waals surface area contributed by atoms with Crippen molar-refractivity contribution in [3.05, 3.63) is 51.9 Å². The predicted molar refractivity (Wildman–Crippen MR) is 89.7 cm³/mol. The second kappa shape index (κ2) is 6.56. The zero-order valence-electron chi connectivity index (χ0n) is 12.3. The van der Waals surface area contributed by atoms with Crippen molar-refractivity contribution >= 4 is 21.7 Å². The van der Waals surface area contributed by atoms with E-state index >= 15 is 0 Å². The highest BCUT2D eigenvalue weighted by Gasteiger charge is 2.26. The van der Waals surface area contributed by atoms with E-state index in [1.54, 1.807) is 0 Å². The van der Waals surface area contributed by atoms with Crippen LogP contribution in [0.1, 0.15) is 49.2 Å². The standard InChI is InChI=1S/C17H20BrN3/c1-2-8-19-16-11-15(13-6-7-13)20-17(21-16)10-12-4-3-5-14(18)9-12/h3-5,9,11,13H,2,6-8,10H2,1H3,(H,19,20,21). The van der Waals surface area contributed by atoms with Gasteiger partial charge in [-0.3, -0.25) is 0 Å². The molecule has 0 saturated heterocycles. The van der Waals surface area contributed by atoms with Crippen LogP contribution in [0.4, 0.5) is 5.82 Å². The summed E-state index contributed by atoms with van der Waals surface area (Å²) in [5.41, 5.74) is 2.44. The highest BCUT2D eigenvalue weighted by atomic mass is 79.9. The Morgan fingerprint density at radius 1 is 1.24 bits per heavy atom. The summed E-state index contributed by atoms with van der Waals surface area (Å²) in [4.78, 5) is 9.43. The van der Waals surface area contributed by atoms with Crippen LogP contribution in [-0.4, -0.2) is 16.5 Å². The van der Waals surface area contributed by atoms with Crippen LogP contribution in [-0.2, 0) is 6.42 Å². The predicted octanol–water partition coefficient (Wildman–Crippen LogP) is 4.53. The Balaban J connectivity index is 1.84. The van der Waals surface area contributed by atoms with Crippen LogP contribution in [0.5, 0.6) is 0 Å². The van der Waals surface area contributed by atoms with Crippen molar-refractivity contribution < 1.29 is 0 Å². The lowest BCUT2D eigenvalue weighted by Crippen LogP contribution is -2.07. The maximum Gasteiger partial charge on any atom is 0.135 e. The van der Waals surface area contributed by atoms with Gasteiger partial charge in [0.2, 0.25) is 0 Å². The first-order valence-corrected chi connectivity index (χ1v) is 8.40. The Kier molecular flexibility index (Phi) is 4.54. The van der Waals surface area contributed by atoms with Crippen molar-refractivity contribution in [2.45, 2.75) is 38.5 Å². The van der Waals surface area contributed by atoms with Gasteiger partial charge in [-0.05, 0) is 37.0 Å². The number of hydrogen-bond donors (Lipinski definition) is 1. The monoisotopic (exact) mass is 345 g/mol. The third-order valence-corrected chi connectivity index (χ3v) is 4.09. The molecule has 1 aliphatic carbocycles. The van der Waals surface area contributed by atoms with Crippen molar-refractivity contribution in [3.8, 4) is 0 Å². The SMILES string of the molecule is CCCNc1cc(C2CC2)nc(Cc2cccc(Br)c2)n1. The fourth-order valence-corrected chi connectivity index (χ4v) is 2.80. The molecular weight excluding hydrogens is 326 g/mol. The van der Waals surface area contributed by atoms with E-state index in [2.05, 4.69) is 57.4 Å². The number of benzene rings is 1. The molecule has 110 valence electrons. The summed E-state index contributed by atoms with van der Waals surface area (Å²) in [7, 11) is 0. The number of rotatable bonds is 6. The molecule has 1 N–H and O–H groups in total. The largest absolute Gasteiger partial charge is 0.370 e. The van der Waals surface area contributed by atoms with Gasteiger partial charge in [-0.2, -0.15) is 0 Å². The molecule has 2 aromatic rings. The molecule has 1 aliphatic rings. The van der Waals surface area contributed by atoms with Crippen LogP contribution in [0.25, 0.3) is 0 Å². The molecule has 3 rings (SSSR count). The van der Waals surface area contributed by atoms with Crippen LogP contribution in [0.15, 0.2) is 34.8 Å². The van der Waals surface area contributed by atoms with Crippen LogP contribution < -0.4 is 5.32 Å². The van der Waals surface area contributed by atoms with E-state index in [0.717, 1.165) is 35.5 Å². The maximum absolute atomic E-state index is 4.76. The first-order chi connectivity index (χ1) is 10.2. The topological polar surface area (TPSA) is 37.8 Å². The summed E-state index contributed by atoms with van der Waals surface area (Å²) < 4.78 is 1.10. The molecule has 0 spiro atoms. The minimum Gasteiger partial charge on any atom is -0.370 e. The Labute approximate surface area is 134 Å². The highest BCUT2D eigenvalue weighted by Crippen LogP contribution is 2.39. The first-order valence-electron chi connectivity index (χ1n) is 7.61. The molecule has 3 nitrogen and oxygen atoms in total. The van der Waals surface area contributed by atoms with E-state index in [9.17, 15) is 0 Å². The van der Waals surface area contributed by atoms with Gasteiger partial charge in [-0.25, -0.2) is 9.97 Å². The fraction of sp³-hybridized carbons (Fsp3) is 0.412. The molecule has 1 saturated carbocycles. The molecule has 1 aromatic carbocycles. The average Bonchev–Trinajstić information content (AvgIpc) is 3.29. The van der Waals surface area contributed by atoms with Crippen molar-refractivity contribution in [2.24, 2.45) is 0 Å². The summed E-state index contributed by atoms with van der Waals surface area (Å²) in [6.45, 7) is 3.12. The van der Waals surface area contributed by atoms with Gasteiger partial charge in [0.25, 0.3) is 0 Å². The van der Waals surface area contributed by atoms with E-state index in [0.29, 0.717) is 5.92 Å². The summed E-state index contributed by atoms with van der Waals surface area (Å²) in [5.74, 6) is 2.53. The Bertz CT molecular complexity index is 623. The van der Waals surface area contributed by atoms with Crippen molar-refractivity contribution in [2.75, 3.05) is 11.9 Å². The molecule has 1 aromatic heterocycles. The smallest absolute Gasteiger partial charge is 0.135 e. The highest BCUT2D eigenvalue weighted by molar-refractivity contribution is 9.10. The van der Waals surface area contributed by atoms with Gasteiger partial charge in [0.1, 0.15) is 11.6 Å². The minimum absolute atomic E-state index is 0.649. The fourth-order valence-electron chi connectivity index (χ4n) is 2.36. The number of anilines is 1. The van der Waals surface area contributed by atoms with Gasteiger partial charge in [0.15, 0.2) is 0 Å². The lowest BCUT2D eigenvalue weighted by atomic mass is 10.1. The number of nitrogens with zero attached hydrogens (tertiary/aromatic N) is 2. The summed E-state index contributed by atoms with van der Waals surface area (Å²) in [5, 5.41) is 3.39. The zero-order chi connectivity index (χ0) is 14.7. The van der Waals surface area contributed by atoms with Gasteiger partial charge in [0.05, 0.1) is 0 Å². The van der Waals surface area contributed by atoms with E-state index < -0.39 is 0 Å². The Morgan fingerprint density at radius 2 is 2.10 bits per heavy atom. The molecule has 0 atom stereocenters. The molecule has 1 fully saturated rings.